The number of carbonyl (C=O) groups excluding carboxylic acids is 1. The monoisotopic (exact) mass is 338 g/mol. The SMILES string of the molecule is COC(=O)Cc1nc2c(C)cccn2c1N=Nc1cc(C)ccc1O. The number of benzene rings is 1. The van der Waals surface area contributed by atoms with E-state index in [1.807, 2.05) is 26.0 Å². The smallest absolute Gasteiger partial charge is 0.311 e. The summed E-state index contributed by atoms with van der Waals surface area (Å²) < 4.78 is 6.50. The molecule has 2 heterocycles. The Morgan fingerprint density at radius 2 is 2.08 bits per heavy atom. The van der Waals surface area contributed by atoms with Gasteiger partial charge in [-0.25, -0.2) is 4.98 Å². The lowest BCUT2D eigenvalue weighted by atomic mass is 10.2. The predicted octanol–water partition coefficient (Wildman–Crippen LogP) is 3.79. The summed E-state index contributed by atoms with van der Waals surface area (Å²) in [4.78, 5) is 16.2. The van der Waals surface area contributed by atoms with Gasteiger partial charge in [-0.3, -0.25) is 9.20 Å². The Kier molecular flexibility index (Phi) is 4.47. The molecule has 0 aliphatic heterocycles. The van der Waals surface area contributed by atoms with E-state index in [1.54, 1.807) is 28.8 Å². The lowest BCUT2D eigenvalue weighted by molar-refractivity contribution is -0.139. The van der Waals surface area contributed by atoms with Gasteiger partial charge in [0, 0.05) is 6.20 Å². The third-order valence-electron chi connectivity index (χ3n) is 3.81. The van der Waals surface area contributed by atoms with Gasteiger partial charge in [0.2, 0.25) is 0 Å². The number of phenols is 1. The van der Waals surface area contributed by atoms with Crippen molar-refractivity contribution in [1.82, 2.24) is 9.38 Å². The second-order valence-corrected chi connectivity index (χ2v) is 5.71. The number of methoxy groups -OCH3 is 1. The molecule has 0 aliphatic rings. The van der Waals surface area contributed by atoms with Gasteiger partial charge in [-0.2, -0.15) is 0 Å². The summed E-state index contributed by atoms with van der Waals surface area (Å²) in [5, 5.41) is 18.3. The van der Waals surface area contributed by atoms with Gasteiger partial charge in [-0.1, -0.05) is 12.1 Å². The number of pyridine rings is 1. The molecule has 0 amide bonds. The number of hydrogen-bond acceptors (Lipinski definition) is 6. The number of ether oxygens (including phenoxy) is 1. The van der Waals surface area contributed by atoms with Crippen LogP contribution in [0.25, 0.3) is 5.65 Å². The number of azo groups is 1. The molecule has 0 aliphatic carbocycles. The highest BCUT2D eigenvalue weighted by Gasteiger charge is 2.17. The van der Waals surface area contributed by atoms with Crippen molar-refractivity contribution >= 4 is 23.1 Å². The van der Waals surface area contributed by atoms with E-state index in [0.717, 1.165) is 11.1 Å². The maximum absolute atomic E-state index is 11.7. The molecule has 7 heteroatoms. The average Bonchev–Trinajstić information content (AvgIpc) is 2.94. The molecule has 3 rings (SSSR count). The van der Waals surface area contributed by atoms with E-state index in [4.69, 9.17) is 4.74 Å². The van der Waals surface area contributed by atoms with Gasteiger partial charge >= 0.3 is 5.97 Å². The number of rotatable bonds is 4. The molecule has 1 aromatic carbocycles. The highest BCUT2D eigenvalue weighted by atomic mass is 16.5. The molecule has 0 saturated heterocycles. The van der Waals surface area contributed by atoms with Crippen molar-refractivity contribution in [2.75, 3.05) is 7.11 Å². The topological polar surface area (TPSA) is 88.5 Å². The summed E-state index contributed by atoms with van der Waals surface area (Å²) in [6, 6.07) is 8.88. The van der Waals surface area contributed by atoms with Crippen molar-refractivity contribution in [3.8, 4) is 5.75 Å². The predicted molar refractivity (Wildman–Crippen MR) is 92.7 cm³/mol. The second kappa shape index (κ2) is 6.72. The fraction of sp³-hybridized carbons (Fsp3) is 0.222. The minimum absolute atomic E-state index is 0.00816. The standard InChI is InChI=1S/C18H18N4O3/c1-11-6-7-15(23)13(9-11)20-21-18-14(10-16(24)25-3)19-17-12(2)5-4-8-22(17)18/h4-9,23H,10H2,1-3H3. The lowest BCUT2D eigenvalue weighted by Crippen LogP contribution is -2.04. The average molecular weight is 338 g/mol. The largest absolute Gasteiger partial charge is 0.506 e. The van der Waals surface area contributed by atoms with Gasteiger partial charge in [-0.15, -0.1) is 10.2 Å². The van der Waals surface area contributed by atoms with Gasteiger partial charge in [0.25, 0.3) is 0 Å². The van der Waals surface area contributed by atoms with Crippen LogP contribution in [0.15, 0.2) is 46.8 Å². The van der Waals surface area contributed by atoms with E-state index in [2.05, 4.69) is 15.2 Å². The Bertz CT molecular complexity index is 976. The van der Waals surface area contributed by atoms with Crippen molar-refractivity contribution in [2.45, 2.75) is 20.3 Å². The molecule has 0 radical (unpaired) electrons. The Morgan fingerprint density at radius 3 is 2.84 bits per heavy atom. The van der Waals surface area contributed by atoms with E-state index in [1.165, 1.54) is 7.11 Å². The van der Waals surface area contributed by atoms with E-state index >= 15 is 0 Å². The number of esters is 1. The Hall–Kier alpha value is -3.22. The Labute approximate surface area is 144 Å². The van der Waals surface area contributed by atoms with Crippen LogP contribution >= 0.6 is 0 Å². The highest BCUT2D eigenvalue weighted by molar-refractivity contribution is 5.74. The molecule has 0 spiro atoms. The fourth-order valence-corrected chi connectivity index (χ4v) is 2.49. The highest BCUT2D eigenvalue weighted by Crippen LogP contribution is 2.31. The van der Waals surface area contributed by atoms with Crippen LogP contribution in [0.5, 0.6) is 5.75 Å². The molecule has 0 atom stereocenters. The molecular weight excluding hydrogens is 320 g/mol. The van der Waals surface area contributed by atoms with Gasteiger partial charge in [-0.05, 0) is 43.2 Å². The summed E-state index contributed by atoms with van der Waals surface area (Å²) in [5.74, 6) is 0.0646. The lowest BCUT2D eigenvalue weighted by Gasteiger charge is -2.01. The molecule has 128 valence electrons. The number of fused-ring (bicyclic) bond motifs is 1. The molecule has 1 N–H and O–H groups in total. The van der Waals surface area contributed by atoms with Crippen LogP contribution in [-0.4, -0.2) is 27.6 Å². The van der Waals surface area contributed by atoms with E-state index in [-0.39, 0.29) is 12.2 Å². The molecule has 0 bridgehead atoms. The maximum Gasteiger partial charge on any atom is 0.311 e. The molecule has 0 saturated carbocycles. The zero-order valence-corrected chi connectivity index (χ0v) is 14.2. The summed E-state index contributed by atoms with van der Waals surface area (Å²) in [5.41, 5.74) is 3.43. The van der Waals surface area contributed by atoms with Gasteiger partial charge < -0.3 is 9.84 Å². The molecular formula is C18H18N4O3. The summed E-state index contributed by atoms with van der Waals surface area (Å²) in [6.07, 6.45) is 1.80. The summed E-state index contributed by atoms with van der Waals surface area (Å²) in [6.45, 7) is 3.83. The Balaban J connectivity index is 2.11. The first kappa shape index (κ1) is 16.6. The van der Waals surface area contributed by atoms with Crippen molar-refractivity contribution in [2.24, 2.45) is 10.2 Å². The number of aromatic hydroxyl groups is 1. The van der Waals surface area contributed by atoms with Crippen LogP contribution in [0.3, 0.4) is 0 Å². The van der Waals surface area contributed by atoms with Crippen molar-refractivity contribution < 1.29 is 14.6 Å². The molecule has 7 nitrogen and oxygen atoms in total. The molecule has 3 aromatic rings. The van der Waals surface area contributed by atoms with E-state index in [9.17, 15) is 9.90 Å². The van der Waals surface area contributed by atoms with Gasteiger partial charge in [0.1, 0.15) is 17.1 Å². The number of aryl methyl sites for hydroxylation is 2. The quantitative estimate of drug-likeness (QED) is 0.579. The maximum atomic E-state index is 11.7. The van der Waals surface area contributed by atoms with Gasteiger partial charge in [0.05, 0.1) is 19.2 Å². The number of imidazole rings is 1. The third kappa shape index (κ3) is 3.35. The minimum Gasteiger partial charge on any atom is -0.506 e. The number of phenolic OH excluding ortho intramolecular Hbond substituents is 1. The van der Waals surface area contributed by atoms with Crippen molar-refractivity contribution in [3.63, 3.8) is 0 Å². The molecule has 0 fully saturated rings. The number of aromatic nitrogens is 2. The van der Waals surface area contributed by atoms with Crippen LogP contribution < -0.4 is 0 Å². The van der Waals surface area contributed by atoms with Crippen LogP contribution in [0.1, 0.15) is 16.8 Å². The number of carbonyl (C=O) groups is 1. The fourth-order valence-electron chi connectivity index (χ4n) is 2.49. The zero-order valence-electron chi connectivity index (χ0n) is 14.2. The number of nitrogens with zero attached hydrogens (tertiary/aromatic N) is 4. The first-order valence-corrected chi connectivity index (χ1v) is 7.74. The second-order valence-electron chi connectivity index (χ2n) is 5.71. The number of hydrogen-bond donors (Lipinski definition) is 1. The van der Waals surface area contributed by atoms with Crippen LogP contribution in [0.4, 0.5) is 11.5 Å². The van der Waals surface area contributed by atoms with Crippen molar-refractivity contribution in [3.05, 3.63) is 53.3 Å². The normalized spacial score (nSPS) is 11.3. The molecule has 0 unspecified atom stereocenters. The Morgan fingerprint density at radius 1 is 1.28 bits per heavy atom. The summed E-state index contributed by atoms with van der Waals surface area (Å²) in [7, 11) is 1.33. The molecule has 25 heavy (non-hydrogen) atoms. The minimum atomic E-state index is -0.407. The van der Waals surface area contributed by atoms with Crippen LogP contribution in [0.2, 0.25) is 0 Å². The first-order chi connectivity index (χ1) is 12.0. The van der Waals surface area contributed by atoms with E-state index < -0.39 is 5.97 Å². The van der Waals surface area contributed by atoms with E-state index in [0.29, 0.717) is 22.8 Å². The van der Waals surface area contributed by atoms with Gasteiger partial charge in [0.15, 0.2) is 5.82 Å². The van der Waals surface area contributed by atoms with Crippen LogP contribution in [-0.2, 0) is 16.0 Å². The third-order valence-corrected chi connectivity index (χ3v) is 3.81. The molecule has 2 aromatic heterocycles. The summed E-state index contributed by atoms with van der Waals surface area (Å²) >= 11 is 0. The van der Waals surface area contributed by atoms with Crippen molar-refractivity contribution in [1.29, 1.82) is 0 Å². The zero-order chi connectivity index (χ0) is 18.0. The first-order valence-electron chi connectivity index (χ1n) is 7.74. The van der Waals surface area contributed by atoms with Crippen LogP contribution in [0, 0.1) is 13.8 Å².